The zero-order valence-electron chi connectivity index (χ0n) is 12.2. The Morgan fingerprint density at radius 1 is 1.45 bits per heavy atom. The Balaban J connectivity index is 1.82. The molecule has 1 aromatic rings. The quantitative estimate of drug-likeness (QED) is 0.883. The Bertz CT molecular complexity index is 418. The minimum absolute atomic E-state index is 0.0212. The van der Waals surface area contributed by atoms with Crippen LogP contribution < -0.4 is 5.32 Å². The summed E-state index contributed by atoms with van der Waals surface area (Å²) in [6.45, 7) is 4.12. The number of pyridine rings is 1. The monoisotopic (exact) mass is 277 g/mol. The molecule has 0 bridgehead atoms. The molecular weight excluding hydrogens is 254 g/mol. The van der Waals surface area contributed by atoms with Crippen molar-refractivity contribution in [2.45, 2.75) is 31.9 Å². The minimum atomic E-state index is 0.0212. The van der Waals surface area contributed by atoms with Crippen molar-refractivity contribution in [3.8, 4) is 0 Å². The van der Waals surface area contributed by atoms with E-state index in [0.29, 0.717) is 0 Å². The van der Waals surface area contributed by atoms with Crippen molar-refractivity contribution in [2.75, 3.05) is 26.7 Å². The predicted octanol–water partition coefficient (Wildman–Crippen LogP) is 1.37. The van der Waals surface area contributed by atoms with Gasteiger partial charge in [0.05, 0.1) is 12.1 Å². The van der Waals surface area contributed by atoms with Gasteiger partial charge in [0, 0.05) is 19.4 Å². The molecule has 1 amide bonds. The summed E-state index contributed by atoms with van der Waals surface area (Å²) in [5.74, 6) is 0.0212. The van der Waals surface area contributed by atoms with Crippen molar-refractivity contribution in [1.29, 1.82) is 0 Å². The summed E-state index contributed by atoms with van der Waals surface area (Å²) in [5, 5.41) is 3.28. The Morgan fingerprint density at radius 3 is 2.75 bits per heavy atom. The van der Waals surface area contributed by atoms with Crippen molar-refractivity contribution in [2.24, 2.45) is 0 Å². The molecule has 1 N–H and O–H groups in total. The summed E-state index contributed by atoms with van der Waals surface area (Å²) in [6, 6.07) is 3.90. The van der Waals surface area contributed by atoms with Crippen molar-refractivity contribution in [1.82, 2.24) is 15.2 Å². The summed E-state index contributed by atoms with van der Waals surface area (Å²) in [6.07, 6.45) is 5.67. The van der Waals surface area contributed by atoms with Crippen LogP contribution in [0.1, 0.15) is 31.4 Å². The van der Waals surface area contributed by atoms with Crippen LogP contribution in [0, 0.1) is 0 Å². The molecule has 0 saturated carbocycles. The van der Waals surface area contributed by atoms with Crippen LogP contribution in [0.25, 0.3) is 0 Å². The summed E-state index contributed by atoms with van der Waals surface area (Å²) >= 11 is 0. The van der Waals surface area contributed by atoms with Crippen LogP contribution in [-0.2, 0) is 9.53 Å². The van der Waals surface area contributed by atoms with Crippen molar-refractivity contribution in [3.63, 3.8) is 0 Å². The van der Waals surface area contributed by atoms with Crippen LogP contribution in [0.4, 0.5) is 0 Å². The van der Waals surface area contributed by atoms with Crippen LogP contribution in [0.3, 0.4) is 0 Å². The smallest absolute Gasteiger partial charge is 0.248 e. The van der Waals surface area contributed by atoms with Crippen LogP contribution in [0.5, 0.6) is 0 Å². The molecule has 20 heavy (non-hydrogen) atoms. The molecule has 2 rings (SSSR count). The maximum Gasteiger partial charge on any atom is 0.248 e. The number of piperidine rings is 1. The van der Waals surface area contributed by atoms with E-state index < -0.39 is 0 Å². The molecule has 1 saturated heterocycles. The second-order valence-electron chi connectivity index (χ2n) is 5.22. The molecule has 0 aliphatic carbocycles. The number of carbonyl (C=O) groups excluding carboxylic acids is 1. The number of amides is 1. The Labute approximate surface area is 120 Å². The van der Waals surface area contributed by atoms with E-state index in [1.54, 1.807) is 17.3 Å². The normalized spacial score (nSPS) is 17.7. The van der Waals surface area contributed by atoms with Gasteiger partial charge >= 0.3 is 0 Å². The van der Waals surface area contributed by atoms with Gasteiger partial charge in [-0.15, -0.1) is 0 Å². The van der Waals surface area contributed by atoms with E-state index in [0.717, 1.165) is 31.5 Å². The van der Waals surface area contributed by atoms with Gasteiger partial charge in [0.1, 0.15) is 6.61 Å². The number of hydrogen-bond acceptors (Lipinski definition) is 4. The molecule has 1 fully saturated rings. The molecule has 0 aromatic carbocycles. The third-order valence-corrected chi connectivity index (χ3v) is 3.89. The Kier molecular flexibility index (Phi) is 5.49. The average molecular weight is 277 g/mol. The van der Waals surface area contributed by atoms with Crippen LogP contribution >= 0.6 is 0 Å². The zero-order valence-corrected chi connectivity index (χ0v) is 12.2. The Hall–Kier alpha value is -1.46. The molecule has 0 spiro atoms. The number of rotatable bonds is 5. The molecule has 1 unspecified atom stereocenters. The lowest BCUT2D eigenvalue weighted by Gasteiger charge is -2.27. The average Bonchev–Trinajstić information content (AvgIpc) is 2.53. The predicted molar refractivity (Wildman–Crippen MR) is 77.3 cm³/mol. The van der Waals surface area contributed by atoms with E-state index in [9.17, 15) is 4.79 Å². The molecule has 110 valence electrons. The van der Waals surface area contributed by atoms with E-state index in [4.69, 9.17) is 4.74 Å². The van der Waals surface area contributed by atoms with Gasteiger partial charge < -0.3 is 15.0 Å². The van der Waals surface area contributed by atoms with Crippen LogP contribution in [-0.4, -0.2) is 48.6 Å². The largest absolute Gasteiger partial charge is 0.368 e. The summed E-state index contributed by atoms with van der Waals surface area (Å²) in [7, 11) is 1.82. The van der Waals surface area contributed by atoms with E-state index in [1.165, 1.54) is 0 Å². The van der Waals surface area contributed by atoms with Crippen molar-refractivity contribution >= 4 is 5.91 Å². The maximum absolute atomic E-state index is 12.2. The second kappa shape index (κ2) is 7.36. The first-order chi connectivity index (χ1) is 9.68. The fourth-order valence-electron chi connectivity index (χ4n) is 2.33. The highest BCUT2D eigenvalue weighted by atomic mass is 16.5. The molecular formula is C15H23N3O2. The molecule has 1 aliphatic heterocycles. The first kappa shape index (κ1) is 14.9. The highest BCUT2D eigenvalue weighted by molar-refractivity contribution is 5.77. The van der Waals surface area contributed by atoms with E-state index in [-0.39, 0.29) is 24.7 Å². The van der Waals surface area contributed by atoms with Gasteiger partial charge in [0.2, 0.25) is 5.91 Å². The minimum Gasteiger partial charge on any atom is -0.368 e. The standard InChI is InChI=1S/C15H23N3O2/c1-12(13-3-7-16-8-4-13)18(2)15(19)11-20-14-5-9-17-10-6-14/h3-4,7-8,12,14,17H,5-6,9-11H2,1-2H3. The highest BCUT2D eigenvalue weighted by Gasteiger charge is 2.20. The van der Waals surface area contributed by atoms with Crippen molar-refractivity contribution in [3.05, 3.63) is 30.1 Å². The fraction of sp³-hybridized carbons (Fsp3) is 0.600. The molecule has 2 heterocycles. The summed E-state index contributed by atoms with van der Waals surface area (Å²) in [4.78, 5) is 17.9. The van der Waals surface area contributed by atoms with Gasteiger partial charge in [-0.2, -0.15) is 0 Å². The maximum atomic E-state index is 12.2. The van der Waals surface area contributed by atoms with Crippen LogP contribution in [0.15, 0.2) is 24.5 Å². The summed E-state index contributed by atoms with van der Waals surface area (Å²) in [5.41, 5.74) is 1.08. The van der Waals surface area contributed by atoms with Gasteiger partial charge in [0.15, 0.2) is 0 Å². The number of nitrogens with zero attached hydrogens (tertiary/aromatic N) is 2. The van der Waals surface area contributed by atoms with Gasteiger partial charge in [-0.05, 0) is 50.6 Å². The lowest BCUT2D eigenvalue weighted by atomic mass is 10.1. The van der Waals surface area contributed by atoms with Gasteiger partial charge in [-0.1, -0.05) is 0 Å². The molecule has 1 aliphatic rings. The molecule has 5 heteroatoms. The zero-order chi connectivity index (χ0) is 14.4. The highest BCUT2D eigenvalue weighted by Crippen LogP contribution is 2.18. The number of nitrogens with one attached hydrogen (secondary N) is 1. The van der Waals surface area contributed by atoms with E-state index >= 15 is 0 Å². The third kappa shape index (κ3) is 4.02. The summed E-state index contributed by atoms with van der Waals surface area (Å²) < 4.78 is 5.71. The molecule has 0 radical (unpaired) electrons. The van der Waals surface area contributed by atoms with Crippen LogP contribution in [0.2, 0.25) is 0 Å². The number of likely N-dealkylation sites (N-methyl/N-ethyl adjacent to an activating group) is 1. The van der Waals surface area contributed by atoms with Gasteiger partial charge in [0.25, 0.3) is 0 Å². The Morgan fingerprint density at radius 2 is 2.10 bits per heavy atom. The second-order valence-corrected chi connectivity index (χ2v) is 5.22. The third-order valence-electron chi connectivity index (χ3n) is 3.89. The number of ether oxygens (including phenoxy) is 1. The lowest BCUT2D eigenvalue weighted by Crippen LogP contribution is -2.37. The molecule has 1 atom stereocenters. The van der Waals surface area contributed by atoms with E-state index in [2.05, 4.69) is 10.3 Å². The molecule has 5 nitrogen and oxygen atoms in total. The first-order valence-corrected chi connectivity index (χ1v) is 7.16. The fourth-order valence-corrected chi connectivity index (χ4v) is 2.33. The van der Waals surface area contributed by atoms with Gasteiger partial charge in [-0.3, -0.25) is 9.78 Å². The number of hydrogen-bond donors (Lipinski definition) is 1. The SMILES string of the molecule is CC(c1ccncc1)N(C)C(=O)COC1CCNCC1. The molecule has 1 aromatic heterocycles. The lowest BCUT2D eigenvalue weighted by molar-refractivity contribution is -0.139. The van der Waals surface area contributed by atoms with E-state index in [1.807, 2.05) is 26.1 Å². The van der Waals surface area contributed by atoms with Gasteiger partial charge in [-0.25, -0.2) is 0 Å². The first-order valence-electron chi connectivity index (χ1n) is 7.16. The topological polar surface area (TPSA) is 54.5 Å². The number of carbonyl (C=O) groups is 1. The van der Waals surface area contributed by atoms with Crippen molar-refractivity contribution < 1.29 is 9.53 Å². The number of aromatic nitrogens is 1.